The summed E-state index contributed by atoms with van der Waals surface area (Å²) >= 11 is 0. The minimum absolute atomic E-state index is 0.0131. The Morgan fingerprint density at radius 1 is 1.18 bits per heavy atom. The highest BCUT2D eigenvalue weighted by molar-refractivity contribution is 5.94. The van der Waals surface area contributed by atoms with E-state index in [4.69, 9.17) is 5.73 Å². The van der Waals surface area contributed by atoms with E-state index in [0.29, 0.717) is 18.9 Å². The third-order valence-electron chi connectivity index (χ3n) is 3.58. The van der Waals surface area contributed by atoms with Gasteiger partial charge in [0.25, 0.3) is 0 Å². The van der Waals surface area contributed by atoms with Gasteiger partial charge in [-0.1, -0.05) is 0 Å². The number of carbonyl (C=O) groups excluding carboxylic acids is 2. The number of nitrogens with two attached hydrogens (primary N) is 1. The molecule has 5 nitrogen and oxygen atoms in total. The van der Waals surface area contributed by atoms with Crippen LogP contribution in [0.15, 0.2) is 12.1 Å². The molecule has 2 atom stereocenters. The van der Waals surface area contributed by atoms with E-state index in [1.54, 1.807) is 0 Å². The van der Waals surface area contributed by atoms with E-state index in [-0.39, 0.29) is 24.4 Å². The standard InChI is InChI=1S/C14H16F3N3O2/c15-9-3-4-10(13(17)12(9)16)20-11(21)6-19-14(22)7-1-2-8(18)5-7/h3-4,7-8H,1-2,5-6,18H2,(H,19,22)(H,20,21). The molecule has 0 spiro atoms. The molecule has 0 aliphatic heterocycles. The van der Waals surface area contributed by atoms with Gasteiger partial charge in [0, 0.05) is 12.0 Å². The molecule has 0 aromatic heterocycles. The summed E-state index contributed by atoms with van der Waals surface area (Å²) in [5.74, 6) is -5.76. The number of rotatable bonds is 4. The third-order valence-corrected chi connectivity index (χ3v) is 3.58. The number of benzene rings is 1. The van der Waals surface area contributed by atoms with E-state index in [1.165, 1.54) is 0 Å². The van der Waals surface area contributed by atoms with Crippen LogP contribution in [-0.2, 0) is 9.59 Å². The number of carbonyl (C=O) groups is 2. The zero-order chi connectivity index (χ0) is 16.3. The van der Waals surface area contributed by atoms with Crippen molar-refractivity contribution >= 4 is 17.5 Å². The highest BCUT2D eigenvalue weighted by Crippen LogP contribution is 2.24. The number of halogens is 3. The van der Waals surface area contributed by atoms with Gasteiger partial charge in [-0.2, -0.15) is 0 Å². The molecule has 1 aliphatic rings. The van der Waals surface area contributed by atoms with E-state index in [1.807, 2.05) is 0 Å². The summed E-state index contributed by atoms with van der Waals surface area (Å²) in [4.78, 5) is 23.4. The van der Waals surface area contributed by atoms with Crippen molar-refractivity contribution in [1.29, 1.82) is 0 Å². The zero-order valence-electron chi connectivity index (χ0n) is 11.7. The smallest absolute Gasteiger partial charge is 0.243 e. The summed E-state index contributed by atoms with van der Waals surface area (Å²) in [5, 5.41) is 4.49. The summed E-state index contributed by atoms with van der Waals surface area (Å²) in [6.45, 7) is -0.386. The lowest BCUT2D eigenvalue weighted by Gasteiger charge is -2.11. The van der Waals surface area contributed by atoms with Crippen molar-refractivity contribution < 1.29 is 22.8 Å². The van der Waals surface area contributed by atoms with Gasteiger partial charge in [-0.25, -0.2) is 13.2 Å². The van der Waals surface area contributed by atoms with Gasteiger partial charge in [0.1, 0.15) is 0 Å². The highest BCUT2D eigenvalue weighted by Gasteiger charge is 2.27. The fourth-order valence-corrected chi connectivity index (χ4v) is 2.38. The molecule has 8 heteroatoms. The van der Waals surface area contributed by atoms with Crippen LogP contribution in [0, 0.1) is 23.4 Å². The Hall–Kier alpha value is -2.09. The zero-order valence-corrected chi connectivity index (χ0v) is 11.7. The van der Waals surface area contributed by atoms with Gasteiger partial charge in [-0.3, -0.25) is 9.59 Å². The predicted octanol–water partition coefficient (Wildman–Crippen LogP) is 1.29. The summed E-state index contributed by atoms with van der Waals surface area (Å²) < 4.78 is 39.2. The molecule has 2 rings (SSSR count). The minimum atomic E-state index is -1.67. The normalized spacial score (nSPS) is 20.7. The van der Waals surface area contributed by atoms with Crippen LogP contribution in [0.2, 0.25) is 0 Å². The van der Waals surface area contributed by atoms with Crippen molar-refractivity contribution in [1.82, 2.24) is 5.32 Å². The molecule has 120 valence electrons. The van der Waals surface area contributed by atoms with Gasteiger partial charge < -0.3 is 16.4 Å². The van der Waals surface area contributed by atoms with Crippen LogP contribution < -0.4 is 16.4 Å². The molecular weight excluding hydrogens is 299 g/mol. The largest absolute Gasteiger partial charge is 0.347 e. The summed E-state index contributed by atoms with van der Waals surface area (Å²) in [6.07, 6.45) is 1.97. The lowest BCUT2D eigenvalue weighted by Crippen LogP contribution is -2.36. The maximum absolute atomic E-state index is 13.4. The molecule has 2 amide bonds. The highest BCUT2D eigenvalue weighted by atomic mass is 19.2. The van der Waals surface area contributed by atoms with Gasteiger partial charge in [0.15, 0.2) is 17.5 Å². The molecule has 1 aromatic carbocycles. The average molecular weight is 315 g/mol. The quantitative estimate of drug-likeness (QED) is 0.732. The van der Waals surface area contributed by atoms with Gasteiger partial charge in [0.2, 0.25) is 11.8 Å². The second kappa shape index (κ2) is 6.78. The van der Waals surface area contributed by atoms with Gasteiger partial charge >= 0.3 is 0 Å². The van der Waals surface area contributed by atoms with E-state index in [0.717, 1.165) is 12.5 Å². The van der Waals surface area contributed by atoms with Crippen LogP contribution >= 0.6 is 0 Å². The Kier molecular flexibility index (Phi) is 5.02. The monoisotopic (exact) mass is 315 g/mol. The molecule has 22 heavy (non-hydrogen) atoms. The van der Waals surface area contributed by atoms with Crippen LogP contribution in [0.5, 0.6) is 0 Å². The summed E-state index contributed by atoms with van der Waals surface area (Å²) in [5.41, 5.74) is 5.21. The lowest BCUT2D eigenvalue weighted by atomic mass is 10.1. The maximum atomic E-state index is 13.4. The number of hydrogen-bond acceptors (Lipinski definition) is 3. The second-order valence-corrected chi connectivity index (χ2v) is 5.26. The molecule has 4 N–H and O–H groups in total. The molecule has 0 radical (unpaired) electrons. The van der Waals surface area contributed by atoms with E-state index >= 15 is 0 Å². The fourth-order valence-electron chi connectivity index (χ4n) is 2.38. The molecule has 2 unspecified atom stereocenters. The molecule has 1 aliphatic carbocycles. The molecule has 1 saturated carbocycles. The first-order valence-corrected chi connectivity index (χ1v) is 6.85. The summed E-state index contributed by atoms with van der Waals surface area (Å²) in [7, 11) is 0. The first-order chi connectivity index (χ1) is 10.4. The average Bonchev–Trinajstić information content (AvgIpc) is 2.92. The summed E-state index contributed by atoms with van der Waals surface area (Å²) in [6, 6.07) is 1.59. The second-order valence-electron chi connectivity index (χ2n) is 5.26. The Morgan fingerprint density at radius 3 is 2.55 bits per heavy atom. The molecule has 1 aromatic rings. The molecule has 0 heterocycles. The van der Waals surface area contributed by atoms with Crippen LogP contribution in [0.4, 0.5) is 18.9 Å². The Morgan fingerprint density at radius 2 is 1.91 bits per heavy atom. The first kappa shape index (κ1) is 16.3. The molecule has 0 bridgehead atoms. The van der Waals surface area contributed by atoms with Crippen LogP contribution in [-0.4, -0.2) is 24.4 Å². The van der Waals surface area contributed by atoms with E-state index in [9.17, 15) is 22.8 Å². The van der Waals surface area contributed by atoms with Crippen molar-refractivity contribution in [2.24, 2.45) is 11.7 Å². The van der Waals surface area contributed by atoms with Crippen molar-refractivity contribution in [2.45, 2.75) is 25.3 Å². The minimum Gasteiger partial charge on any atom is -0.347 e. The Bertz CT molecular complexity index is 595. The van der Waals surface area contributed by atoms with E-state index < -0.39 is 29.0 Å². The molecule has 1 fully saturated rings. The number of anilines is 1. The predicted molar refractivity (Wildman–Crippen MR) is 73.3 cm³/mol. The van der Waals surface area contributed by atoms with Crippen LogP contribution in [0.3, 0.4) is 0 Å². The topological polar surface area (TPSA) is 84.2 Å². The van der Waals surface area contributed by atoms with Crippen molar-refractivity contribution in [3.05, 3.63) is 29.6 Å². The number of nitrogens with one attached hydrogen (secondary N) is 2. The maximum Gasteiger partial charge on any atom is 0.243 e. The first-order valence-electron chi connectivity index (χ1n) is 6.85. The molecule has 0 saturated heterocycles. The van der Waals surface area contributed by atoms with Gasteiger partial charge in [-0.05, 0) is 31.4 Å². The van der Waals surface area contributed by atoms with Crippen molar-refractivity contribution in [3.63, 3.8) is 0 Å². The van der Waals surface area contributed by atoms with Gasteiger partial charge in [-0.15, -0.1) is 0 Å². The number of hydrogen-bond donors (Lipinski definition) is 3. The van der Waals surface area contributed by atoms with Crippen molar-refractivity contribution in [2.75, 3.05) is 11.9 Å². The van der Waals surface area contributed by atoms with E-state index in [2.05, 4.69) is 10.6 Å². The SMILES string of the molecule is NC1CCC(C(=O)NCC(=O)Nc2ccc(F)c(F)c2F)C1. The van der Waals surface area contributed by atoms with Crippen LogP contribution in [0.25, 0.3) is 0 Å². The lowest BCUT2D eigenvalue weighted by molar-refractivity contribution is -0.127. The fraction of sp³-hybridized carbons (Fsp3) is 0.429. The number of amides is 2. The third kappa shape index (κ3) is 3.76. The Balaban J connectivity index is 1.86. The van der Waals surface area contributed by atoms with Crippen molar-refractivity contribution in [3.8, 4) is 0 Å². The Labute approximate surface area is 125 Å². The van der Waals surface area contributed by atoms with Crippen LogP contribution in [0.1, 0.15) is 19.3 Å². The van der Waals surface area contributed by atoms with Gasteiger partial charge in [0.05, 0.1) is 12.2 Å². The molecular formula is C14H16F3N3O2.